The molecule has 0 fully saturated rings. The number of hydrogen-bond acceptors (Lipinski definition) is 1. The van der Waals surface area contributed by atoms with E-state index >= 15 is 0 Å². The second-order valence-electron chi connectivity index (χ2n) is 5.37. The van der Waals surface area contributed by atoms with Crippen LogP contribution in [0.5, 0.6) is 5.75 Å². The molecule has 2 atom stereocenters. The number of nitrogens with one attached hydrogen (secondary N) is 1. The summed E-state index contributed by atoms with van der Waals surface area (Å²) >= 11 is 2.30. The van der Waals surface area contributed by atoms with E-state index in [1.807, 2.05) is 12.1 Å². The molecule has 104 valence electrons. The van der Waals surface area contributed by atoms with Gasteiger partial charge in [0.15, 0.2) is 0 Å². The zero-order chi connectivity index (χ0) is 13.7. The van der Waals surface area contributed by atoms with Crippen molar-refractivity contribution >= 4 is 22.6 Å². The fourth-order valence-electron chi connectivity index (χ4n) is 3.08. The van der Waals surface area contributed by atoms with Crippen molar-refractivity contribution in [1.82, 2.24) is 0 Å². The zero-order valence-corrected chi connectivity index (χ0v) is 13.7. The Bertz CT molecular complexity index is 444. The topological polar surface area (TPSA) is 24.7 Å². The molecule has 1 aromatic carbocycles. The summed E-state index contributed by atoms with van der Waals surface area (Å²) in [5.74, 6) is 0.406. The van der Waals surface area contributed by atoms with Crippen LogP contribution in [-0.4, -0.2) is 24.2 Å². The molecule has 0 saturated carbocycles. The minimum Gasteiger partial charge on any atom is -0.508 e. The molecule has 0 aromatic heterocycles. The van der Waals surface area contributed by atoms with Gasteiger partial charge in [-0.25, -0.2) is 0 Å². The fourth-order valence-corrected chi connectivity index (χ4v) is 3.34. The molecule has 1 aliphatic rings. The number of fused-ring (bicyclic) bond motifs is 1. The number of hydrogen-bond donors (Lipinski definition) is 2. The summed E-state index contributed by atoms with van der Waals surface area (Å²) in [5.41, 5.74) is 2.78. The minimum atomic E-state index is 0.406. The van der Waals surface area contributed by atoms with Gasteiger partial charge in [-0.1, -0.05) is 35.6 Å². The van der Waals surface area contributed by atoms with Gasteiger partial charge >= 0.3 is 0 Å². The van der Waals surface area contributed by atoms with Crippen LogP contribution in [-0.2, 0) is 12.8 Å². The van der Waals surface area contributed by atoms with Gasteiger partial charge in [0.1, 0.15) is 5.75 Å². The van der Waals surface area contributed by atoms with Gasteiger partial charge in [0.05, 0.1) is 19.1 Å². The average Bonchev–Trinajstić information content (AvgIpc) is 2.42. The van der Waals surface area contributed by atoms with Crippen LogP contribution in [0.25, 0.3) is 0 Å². The van der Waals surface area contributed by atoms with E-state index in [-0.39, 0.29) is 0 Å². The van der Waals surface area contributed by atoms with E-state index in [1.54, 1.807) is 4.90 Å². The lowest BCUT2D eigenvalue weighted by molar-refractivity contribution is -0.920. The average molecular weight is 372 g/mol. The second kappa shape index (κ2) is 7.29. The van der Waals surface area contributed by atoms with Gasteiger partial charge in [-0.2, -0.15) is 0 Å². The first-order valence-electron chi connectivity index (χ1n) is 7.15. The Morgan fingerprint density at radius 2 is 2.26 bits per heavy atom. The number of aryl methyl sites for hydroxylation is 1. The van der Waals surface area contributed by atoms with Crippen LogP contribution >= 0.6 is 22.6 Å². The molecule has 19 heavy (non-hydrogen) atoms. The largest absolute Gasteiger partial charge is 0.508 e. The third kappa shape index (κ3) is 3.96. The Morgan fingerprint density at radius 1 is 1.42 bits per heavy atom. The van der Waals surface area contributed by atoms with Gasteiger partial charge in [0.2, 0.25) is 0 Å². The number of phenolic OH excluding ortho intramolecular Hbond substituents is 1. The number of benzene rings is 1. The van der Waals surface area contributed by atoms with Crippen LogP contribution in [0.4, 0.5) is 0 Å². The van der Waals surface area contributed by atoms with Gasteiger partial charge in [0.25, 0.3) is 0 Å². The van der Waals surface area contributed by atoms with Crippen LogP contribution < -0.4 is 4.90 Å². The van der Waals surface area contributed by atoms with Gasteiger partial charge in [0, 0.05) is 12.8 Å². The van der Waals surface area contributed by atoms with Crippen molar-refractivity contribution in [3.05, 3.63) is 39.5 Å². The van der Waals surface area contributed by atoms with Gasteiger partial charge in [-0.15, -0.1) is 0 Å². The molecule has 1 aliphatic carbocycles. The zero-order valence-electron chi connectivity index (χ0n) is 11.5. The highest BCUT2D eigenvalue weighted by molar-refractivity contribution is 14.1. The van der Waals surface area contributed by atoms with Crippen molar-refractivity contribution in [3.63, 3.8) is 0 Å². The monoisotopic (exact) mass is 372 g/mol. The van der Waals surface area contributed by atoms with Crippen LogP contribution in [0.3, 0.4) is 0 Å². The maximum absolute atomic E-state index is 9.64. The van der Waals surface area contributed by atoms with E-state index in [1.165, 1.54) is 30.5 Å². The second-order valence-corrected chi connectivity index (χ2v) is 6.09. The molecule has 0 saturated heterocycles. The third-order valence-corrected chi connectivity index (χ3v) is 4.54. The maximum atomic E-state index is 9.64. The predicted molar refractivity (Wildman–Crippen MR) is 88.1 cm³/mol. The van der Waals surface area contributed by atoms with E-state index in [2.05, 4.69) is 45.7 Å². The van der Waals surface area contributed by atoms with Gasteiger partial charge < -0.3 is 10.0 Å². The number of aromatic hydroxyl groups is 1. The Kier molecular flexibility index (Phi) is 5.70. The standard InChI is InChI=1S/C16H22INO/c1-2-9-18(10-3-8-17)15-6-4-13-5-7-16(19)12-14(13)11-15/h3,5,7-8,12,15,19H,2,4,6,9-11H2,1H3/p+1/b8-3+. The molecule has 0 spiro atoms. The van der Waals surface area contributed by atoms with Crippen molar-refractivity contribution < 1.29 is 10.0 Å². The minimum absolute atomic E-state index is 0.406. The molecule has 0 bridgehead atoms. The third-order valence-electron chi connectivity index (χ3n) is 4.04. The van der Waals surface area contributed by atoms with Crippen molar-refractivity contribution in [2.24, 2.45) is 0 Å². The summed E-state index contributed by atoms with van der Waals surface area (Å²) in [7, 11) is 0. The van der Waals surface area contributed by atoms with Crippen molar-refractivity contribution in [1.29, 1.82) is 0 Å². The van der Waals surface area contributed by atoms with E-state index in [9.17, 15) is 5.11 Å². The van der Waals surface area contributed by atoms with E-state index < -0.39 is 0 Å². The quantitative estimate of drug-likeness (QED) is 0.763. The Balaban J connectivity index is 2.09. The molecule has 3 heteroatoms. The molecule has 1 aromatic rings. The van der Waals surface area contributed by atoms with Crippen LogP contribution in [0.1, 0.15) is 30.9 Å². The number of rotatable bonds is 5. The molecule has 0 amide bonds. The summed E-state index contributed by atoms with van der Waals surface area (Å²) in [6.07, 6.45) is 7.02. The summed E-state index contributed by atoms with van der Waals surface area (Å²) in [6, 6.07) is 6.56. The maximum Gasteiger partial charge on any atom is 0.115 e. The smallest absolute Gasteiger partial charge is 0.115 e. The summed E-state index contributed by atoms with van der Waals surface area (Å²) in [4.78, 5) is 1.68. The lowest BCUT2D eigenvalue weighted by Gasteiger charge is -2.31. The number of halogens is 1. The summed E-state index contributed by atoms with van der Waals surface area (Å²) in [6.45, 7) is 4.62. The SMILES string of the molecule is CCC[NH+](C/C=C/I)C1CCc2ccc(O)cc2C1. The lowest BCUT2D eigenvalue weighted by atomic mass is 9.87. The highest BCUT2D eigenvalue weighted by Gasteiger charge is 2.26. The molecule has 2 nitrogen and oxygen atoms in total. The Labute approximate surface area is 129 Å². The molecule has 2 rings (SSSR count). The van der Waals surface area contributed by atoms with Crippen molar-refractivity contribution in [3.8, 4) is 5.75 Å². The first-order valence-corrected chi connectivity index (χ1v) is 8.39. The van der Waals surface area contributed by atoms with Crippen LogP contribution in [0.2, 0.25) is 0 Å². The molecule has 0 heterocycles. The first kappa shape index (κ1) is 14.9. The lowest BCUT2D eigenvalue weighted by Crippen LogP contribution is -3.16. The van der Waals surface area contributed by atoms with Crippen LogP contribution in [0.15, 0.2) is 28.4 Å². The molecule has 0 aliphatic heterocycles. The molecule has 0 radical (unpaired) electrons. The first-order chi connectivity index (χ1) is 9.24. The fraction of sp³-hybridized carbons (Fsp3) is 0.500. The van der Waals surface area contributed by atoms with Crippen LogP contribution in [0, 0.1) is 0 Å². The number of quaternary nitrogens is 1. The van der Waals surface area contributed by atoms with Gasteiger partial charge in [-0.3, -0.25) is 0 Å². The number of phenols is 1. The Morgan fingerprint density at radius 3 is 3.00 bits per heavy atom. The predicted octanol–water partition coefficient (Wildman–Crippen LogP) is 2.49. The molecule has 2 unspecified atom stereocenters. The van der Waals surface area contributed by atoms with E-state index in [4.69, 9.17) is 0 Å². The summed E-state index contributed by atoms with van der Waals surface area (Å²) in [5, 5.41) is 9.64. The Hall–Kier alpha value is -0.550. The highest BCUT2D eigenvalue weighted by Crippen LogP contribution is 2.24. The summed E-state index contributed by atoms with van der Waals surface area (Å²) < 4.78 is 2.12. The highest BCUT2D eigenvalue weighted by atomic mass is 127. The molecule has 2 N–H and O–H groups in total. The van der Waals surface area contributed by atoms with Crippen molar-refractivity contribution in [2.75, 3.05) is 13.1 Å². The van der Waals surface area contributed by atoms with Crippen molar-refractivity contribution in [2.45, 2.75) is 38.6 Å². The molecular weight excluding hydrogens is 349 g/mol. The van der Waals surface area contributed by atoms with Gasteiger partial charge in [-0.05, 0) is 46.3 Å². The molecular formula is C16H23INO+. The van der Waals surface area contributed by atoms with E-state index in [0.717, 1.165) is 19.4 Å². The normalized spacial score (nSPS) is 20.4. The van der Waals surface area contributed by atoms with E-state index in [0.29, 0.717) is 11.8 Å².